The lowest BCUT2D eigenvalue weighted by Gasteiger charge is -2.11. The van der Waals surface area contributed by atoms with Gasteiger partial charge in [-0.15, -0.1) is 0 Å². The number of aromatic nitrogens is 2. The Morgan fingerprint density at radius 3 is 2.58 bits per heavy atom. The summed E-state index contributed by atoms with van der Waals surface area (Å²) in [6.07, 6.45) is 2.42. The fourth-order valence-corrected chi connectivity index (χ4v) is 2.83. The number of halogens is 1. The Morgan fingerprint density at radius 2 is 1.77 bits per heavy atom. The van der Waals surface area contributed by atoms with Crippen molar-refractivity contribution in [1.29, 1.82) is 0 Å². The molecule has 0 atom stereocenters. The predicted octanol–water partition coefficient (Wildman–Crippen LogP) is 4.41. The molecule has 0 spiro atoms. The monoisotopic (exact) mass is 368 g/mol. The van der Waals surface area contributed by atoms with Gasteiger partial charge in [0.05, 0.1) is 7.11 Å². The molecule has 0 radical (unpaired) electrons. The smallest absolute Gasteiger partial charge is 0.131 e. The minimum atomic E-state index is 0.628. The molecule has 2 aromatic carbocycles. The first kappa shape index (κ1) is 18.0. The zero-order valence-electron chi connectivity index (χ0n) is 14.6. The van der Waals surface area contributed by atoms with Crippen molar-refractivity contribution in [3.05, 3.63) is 77.1 Å². The summed E-state index contributed by atoms with van der Waals surface area (Å²) in [5, 5.41) is 7.37. The first-order valence-corrected chi connectivity index (χ1v) is 8.78. The maximum atomic E-state index is 6.01. The molecule has 6 heteroatoms. The lowest BCUT2D eigenvalue weighted by atomic mass is 10.1. The molecule has 0 bridgehead atoms. The van der Waals surface area contributed by atoms with E-state index in [4.69, 9.17) is 16.3 Å². The Kier molecular flexibility index (Phi) is 6.28. The third-order valence-electron chi connectivity index (χ3n) is 3.93. The molecule has 1 aromatic heterocycles. The van der Waals surface area contributed by atoms with E-state index in [1.54, 1.807) is 13.4 Å². The SMILES string of the molecule is COc1ccccc1CNc1cc(NCCc2cccc(Cl)c2)ncn1. The van der Waals surface area contributed by atoms with Gasteiger partial charge < -0.3 is 15.4 Å². The van der Waals surface area contributed by atoms with E-state index in [1.165, 1.54) is 5.56 Å². The average molecular weight is 369 g/mol. The number of anilines is 2. The topological polar surface area (TPSA) is 59.1 Å². The molecule has 0 unspecified atom stereocenters. The van der Waals surface area contributed by atoms with Crippen LogP contribution in [0.1, 0.15) is 11.1 Å². The largest absolute Gasteiger partial charge is 0.496 e. The Morgan fingerprint density at radius 1 is 0.962 bits per heavy atom. The quantitative estimate of drug-likeness (QED) is 0.617. The van der Waals surface area contributed by atoms with Gasteiger partial charge in [0.2, 0.25) is 0 Å². The number of benzene rings is 2. The van der Waals surface area contributed by atoms with Crippen molar-refractivity contribution in [3.63, 3.8) is 0 Å². The van der Waals surface area contributed by atoms with Gasteiger partial charge >= 0.3 is 0 Å². The minimum Gasteiger partial charge on any atom is -0.496 e. The van der Waals surface area contributed by atoms with Gasteiger partial charge in [-0.2, -0.15) is 0 Å². The maximum absolute atomic E-state index is 6.01. The second kappa shape index (κ2) is 9.06. The molecule has 0 saturated heterocycles. The second-order valence-electron chi connectivity index (χ2n) is 5.76. The fourth-order valence-electron chi connectivity index (χ4n) is 2.61. The Labute approximate surface area is 158 Å². The van der Waals surface area contributed by atoms with Crippen LogP contribution in [-0.2, 0) is 13.0 Å². The second-order valence-corrected chi connectivity index (χ2v) is 6.20. The summed E-state index contributed by atoms with van der Waals surface area (Å²) >= 11 is 6.01. The molecule has 134 valence electrons. The molecule has 0 aliphatic rings. The number of para-hydroxylation sites is 1. The molecular weight excluding hydrogens is 348 g/mol. The van der Waals surface area contributed by atoms with Crippen LogP contribution in [0.2, 0.25) is 5.02 Å². The normalized spacial score (nSPS) is 10.4. The van der Waals surface area contributed by atoms with E-state index in [1.807, 2.05) is 48.5 Å². The van der Waals surface area contributed by atoms with Crippen LogP contribution in [0.25, 0.3) is 0 Å². The number of hydrogen-bond acceptors (Lipinski definition) is 5. The molecule has 3 rings (SSSR count). The highest BCUT2D eigenvalue weighted by molar-refractivity contribution is 6.30. The molecule has 0 fully saturated rings. The number of rotatable bonds is 8. The molecule has 0 aliphatic heterocycles. The summed E-state index contributed by atoms with van der Waals surface area (Å²) in [5.41, 5.74) is 2.26. The van der Waals surface area contributed by atoms with Crippen LogP contribution in [0, 0.1) is 0 Å². The van der Waals surface area contributed by atoms with Crippen molar-refractivity contribution in [2.24, 2.45) is 0 Å². The highest BCUT2D eigenvalue weighted by Crippen LogP contribution is 2.19. The van der Waals surface area contributed by atoms with Crippen molar-refractivity contribution in [2.75, 3.05) is 24.3 Å². The zero-order valence-corrected chi connectivity index (χ0v) is 15.3. The first-order chi connectivity index (χ1) is 12.7. The van der Waals surface area contributed by atoms with E-state index in [-0.39, 0.29) is 0 Å². The van der Waals surface area contributed by atoms with Crippen LogP contribution in [0.3, 0.4) is 0 Å². The van der Waals surface area contributed by atoms with E-state index in [0.717, 1.165) is 40.9 Å². The summed E-state index contributed by atoms with van der Waals surface area (Å²) < 4.78 is 5.37. The Hall–Kier alpha value is -2.79. The van der Waals surface area contributed by atoms with Crippen molar-refractivity contribution in [2.45, 2.75) is 13.0 Å². The number of ether oxygens (including phenoxy) is 1. The highest BCUT2D eigenvalue weighted by atomic mass is 35.5. The van der Waals surface area contributed by atoms with Crippen LogP contribution < -0.4 is 15.4 Å². The van der Waals surface area contributed by atoms with Gasteiger partial charge in [-0.1, -0.05) is 41.9 Å². The molecule has 0 aliphatic carbocycles. The van der Waals surface area contributed by atoms with Gasteiger partial charge in [-0.25, -0.2) is 9.97 Å². The highest BCUT2D eigenvalue weighted by Gasteiger charge is 2.03. The van der Waals surface area contributed by atoms with Crippen LogP contribution in [0.15, 0.2) is 60.9 Å². The van der Waals surface area contributed by atoms with Gasteiger partial charge in [-0.3, -0.25) is 0 Å². The summed E-state index contributed by atoms with van der Waals surface area (Å²) in [7, 11) is 1.67. The van der Waals surface area contributed by atoms with Gasteiger partial charge in [0.1, 0.15) is 23.7 Å². The van der Waals surface area contributed by atoms with Crippen LogP contribution in [0.5, 0.6) is 5.75 Å². The van der Waals surface area contributed by atoms with Gasteiger partial charge in [0.25, 0.3) is 0 Å². The molecule has 3 aromatic rings. The summed E-state index contributed by atoms with van der Waals surface area (Å²) in [6, 6.07) is 17.7. The molecule has 5 nitrogen and oxygen atoms in total. The van der Waals surface area contributed by atoms with Crippen LogP contribution in [-0.4, -0.2) is 23.6 Å². The first-order valence-electron chi connectivity index (χ1n) is 8.41. The van der Waals surface area contributed by atoms with Crippen molar-refractivity contribution < 1.29 is 4.74 Å². The maximum Gasteiger partial charge on any atom is 0.131 e. The molecule has 0 saturated carbocycles. The van der Waals surface area contributed by atoms with Crippen molar-refractivity contribution in [1.82, 2.24) is 9.97 Å². The minimum absolute atomic E-state index is 0.628. The van der Waals surface area contributed by atoms with E-state index >= 15 is 0 Å². The summed E-state index contributed by atoms with van der Waals surface area (Å²) in [6.45, 7) is 1.40. The third-order valence-corrected chi connectivity index (χ3v) is 4.16. The number of nitrogens with zero attached hydrogens (tertiary/aromatic N) is 2. The van der Waals surface area contributed by atoms with Gasteiger partial charge in [-0.05, 0) is 30.2 Å². The van der Waals surface area contributed by atoms with E-state index in [2.05, 4.69) is 26.7 Å². The fraction of sp³-hybridized carbons (Fsp3) is 0.200. The predicted molar refractivity (Wildman–Crippen MR) is 106 cm³/mol. The molecular formula is C20H21ClN4O. The standard InChI is InChI=1S/C20H21ClN4O/c1-26-18-8-3-2-6-16(18)13-23-20-12-19(24-14-25-20)22-10-9-15-5-4-7-17(21)11-15/h2-8,11-12,14H,9-10,13H2,1H3,(H2,22,23,24,25). The summed E-state index contributed by atoms with van der Waals surface area (Å²) in [4.78, 5) is 8.53. The van der Waals surface area contributed by atoms with Crippen LogP contribution >= 0.6 is 11.6 Å². The molecule has 1 heterocycles. The third kappa shape index (κ3) is 5.10. The summed E-state index contributed by atoms with van der Waals surface area (Å²) in [5.74, 6) is 2.40. The van der Waals surface area contributed by atoms with E-state index in [0.29, 0.717) is 6.54 Å². The van der Waals surface area contributed by atoms with Gasteiger partial charge in [0.15, 0.2) is 0 Å². The zero-order chi connectivity index (χ0) is 18.2. The average Bonchev–Trinajstić information content (AvgIpc) is 2.67. The lowest BCUT2D eigenvalue weighted by molar-refractivity contribution is 0.410. The Balaban J connectivity index is 1.54. The van der Waals surface area contributed by atoms with Gasteiger partial charge in [0, 0.05) is 29.7 Å². The number of hydrogen-bond donors (Lipinski definition) is 2. The number of methoxy groups -OCH3 is 1. The number of nitrogens with one attached hydrogen (secondary N) is 2. The Bertz CT molecular complexity index is 856. The molecule has 0 amide bonds. The van der Waals surface area contributed by atoms with Crippen molar-refractivity contribution >= 4 is 23.2 Å². The van der Waals surface area contributed by atoms with E-state index < -0.39 is 0 Å². The molecule has 2 N–H and O–H groups in total. The van der Waals surface area contributed by atoms with E-state index in [9.17, 15) is 0 Å². The molecule has 26 heavy (non-hydrogen) atoms. The van der Waals surface area contributed by atoms with Crippen molar-refractivity contribution in [3.8, 4) is 5.75 Å². The lowest BCUT2D eigenvalue weighted by Crippen LogP contribution is -2.08. The van der Waals surface area contributed by atoms with Crippen LogP contribution in [0.4, 0.5) is 11.6 Å².